The molecule has 0 aliphatic heterocycles. The predicted molar refractivity (Wildman–Crippen MR) is 74.4 cm³/mol. The lowest BCUT2D eigenvalue weighted by Gasteiger charge is -2.11. The molecule has 0 spiro atoms. The van der Waals surface area contributed by atoms with Crippen LogP contribution in [0, 0.1) is 35.3 Å². The fraction of sp³-hybridized carbons (Fsp3) is 0.154. The molecule has 1 aromatic heterocycles. The van der Waals surface area contributed by atoms with Crippen LogP contribution in [0.3, 0.4) is 0 Å². The number of aryl methyl sites for hydroxylation is 2. The van der Waals surface area contributed by atoms with Gasteiger partial charge < -0.3 is 4.74 Å². The monoisotopic (exact) mass is 304 g/mol. The molecular formula is C13H9ClN4O3. The molecule has 0 saturated carbocycles. The van der Waals surface area contributed by atoms with Gasteiger partial charge in [0, 0.05) is 0 Å². The molecule has 0 saturated heterocycles. The zero-order valence-electron chi connectivity index (χ0n) is 11.1. The fourth-order valence-electron chi connectivity index (χ4n) is 1.84. The molecule has 2 aromatic rings. The lowest BCUT2D eigenvalue weighted by Crippen LogP contribution is -2.00. The van der Waals surface area contributed by atoms with Gasteiger partial charge >= 0.3 is 11.6 Å². The van der Waals surface area contributed by atoms with Gasteiger partial charge in [0.05, 0.1) is 16.6 Å². The summed E-state index contributed by atoms with van der Waals surface area (Å²) in [7, 11) is 0. The minimum absolute atomic E-state index is 0.240. The average Bonchev–Trinajstić information content (AvgIpc) is 2.42. The number of hydrogen-bond acceptors (Lipinski definition) is 6. The van der Waals surface area contributed by atoms with Crippen molar-refractivity contribution in [3.05, 3.63) is 50.4 Å². The van der Waals surface area contributed by atoms with Gasteiger partial charge in [0.25, 0.3) is 0 Å². The third-order valence-corrected chi connectivity index (χ3v) is 2.99. The third-order valence-electron chi connectivity index (χ3n) is 2.71. The highest BCUT2D eigenvalue weighted by molar-refractivity contribution is 6.31. The van der Waals surface area contributed by atoms with E-state index in [1.807, 2.05) is 6.07 Å². The Hall–Kier alpha value is -2.72. The van der Waals surface area contributed by atoms with Crippen molar-refractivity contribution in [2.45, 2.75) is 13.8 Å². The minimum atomic E-state index is -0.702. The number of nitriles is 1. The Bertz CT molecular complexity index is 747. The molecule has 0 aliphatic carbocycles. The van der Waals surface area contributed by atoms with Crippen molar-refractivity contribution in [3.63, 3.8) is 0 Å². The first-order chi connectivity index (χ1) is 9.93. The van der Waals surface area contributed by atoms with E-state index in [1.54, 1.807) is 26.0 Å². The van der Waals surface area contributed by atoms with E-state index in [9.17, 15) is 10.1 Å². The van der Waals surface area contributed by atoms with Gasteiger partial charge in [-0.2, -0.15) is 10.2 Å². The molecule has 0 amide bonds. The van der Waals surface area contributed by atoms with Crippen LogP contribution in [0.2, 0.25) is 5.15 Å². The van der Waals surface area contributed by atoms with Crippen molar-refractivity contribution in [3.8, 4) is 17.7 Å². The van der Waals surface area contributed by atoms with Gasteiger partial charge in [0.15, 0.2) is 0 Å². The summed E-state index contributed by atoms with van der Waals surface area (Å²) in [5.74, 6) is 0.155. The van der Waals surface area contributed by atoms with Crippen LogP contribution in [0.5, 0.6) is 11.6 Å². The number of ether oxygens (including phenoxy) is 1. The molecule has 8 heteroatoms. The Morgan fingerprint density at radius 1 is 1.33 bits per heavy atom. The van der Waals surface area contributed by atoms with Crippen molar-refractivity contribution < 1.29 is 9.66 Å². The summed E-state index contributed by atoms with van der Waals surface area (Å²) in [4.78, 5) is 17.6. The molecular weight excluding hydrogens is 296 g/mol. The summed E-state index contributed by atoms with van der Waals surface area (Å²) in [5.41, 5.74) is 1.31. The second-order valence-corrected chi connectivity index (χ2v) is 4.59. The van der Waals surface area contributed by atoms with E-state index in [-0.39, 0.29) is 11.0 Å². The van der Waals surface area contributed by atoms with Crippen LogP contribution in [0.4, 0.5) is 5.69 Å². The fourth-order valence-corrected chi connectivity index (χ4v) is 2.04. The van der Waals surface area contributed by atoms with E-state index < -0.39 is 10.6 Å². The molecule has 0 radical (unpaired) electrons. The zero-order valence-corrected chi connectivity index (χ0v) is 11.9. The Morgan fingerprint density at radius 3 is 2.48 bits per heavy atom. The first-order valence-corrected chi connectivity index (χ1v) is 6.16. The van der Waals surface area contributed by atoms with E-state index in [1.165, 1.54) is 0 Å². The topological polar surface area (TPSA) is 102 Å². The molecule has 21 heavy (non-hydrogen) atoms. The molecule has 0 aliphatic rings. The summed E-state index contributed by atoms with van der Waals surface area (Å²) < 4.78 is 5.53. The van der Waals surface area contributed by atoms with E-state index in [0.29, 0.717) is 22.4 Å². The van der Waals surface area contributed by atoms with Crippen LogP contribution in [-0.4, -0.2) is 14.9 Å². The van der Waals surface area contributed by atoms with Crippen molar-refractivity contribution in [1.82, 2.24) is 9.97 Å². The van der Waals surface area contributed by atoms with E-state index >= 15 is 0 Å². The lowest BCUT2D eigenvalue weighted by molar-refractivity contribution is -0.386. The minimum Gasteiger partial charge on any atom is -0.433 e. The molecule has 1 aromatic carbocycles. The smallest absolute Gasteiger partial charge is 0.368 e. The van der Waals surface area contributed by atoms with Crippen molar-refractivity contribution in [1.29, 1.82) is 5.26 Å². The lowest BCUT2D eigenvalue weighted by atomic mass is 10.1. The van der Waals surface area contributed by atoms with Crippen molar-refractivity contribution >= 4 is 17.3 Å². The van der Waals surface area contributed by atoms with Gasteiger partial charge in [-0.05, 0) is 37.1 Å². The largest absolute Gasteiger partial charge is 0.433 e. The number of hydrogen-bond donors (Lipinski definition) is 0. The maximum Gasteiger partial charge on any atom is 0.368 e. The number of halogens is 1. The molecule has 0 N–H and O–H groups in total. The zero-order chi connectivity index (χ0) is 15.6. The van der Waals surface area contributed by atoms with Gasteiger partial charge in [-0.1, -0.05) is 11.6 Å². The Kier molecular flexibility index (Phi) is 4.00. The number of aromatic nitrogens is 2. The number of rotatable bonds is 3. The van der Waals surface area contributed by atoms with E-state index in [2.05, 4.69) is 9.97 Å². The highest BCUT2D eigenvalue weighted by atomic mass is 35.5. The first kappa shape index (κ1) is 14.7. The van der Waals surface area contributed by atoms with Crippen molar-refractivity contribution in [2.24, 2.45) is 0 Å². The number of benzene rings is 1. The Balaban J connectivity index is 2.52. The molecule has 0 fully saturated rings. The number of nitro groups is 1. The van der Waals surface area contributed by atoms with Gasteiger partial charge in [0.1, 0.15) is 12.1 Å². The summed E-state index contributed by atoms with van der Waals surface area (Å²) in [6, 6.07) is 5.27. The van der Waals surface area contributed by atoms with Crippen LogP contribution < -0.4 is 4.74 Å². The maximum absolute atomic E-state index is 11.0. The number of nitrogens with zero attached hydrogens (tertiary/aromatic N) is 4. The Morgan fingerprint density at radius 2 is 1.95 bits per heavy atom. The van der Waals surface area contributed by atoms with Gasteiger partial charge in [-0.3, -0.25) is 10.1 Å². The highest BCUT2D eigenvalue weighted by Crippen LogP contribution is 2.36. The summed E-state index contributed by atoms with van der Waals surface area (Å²) in [6.45, 7) is 3.47. The van der Waals surface area contributed by atoms with Crippen LogP contribution in [0.25, 0.3) is 0 Å². The van der Waals surface area contributed by atoms with E-state index in [0.717, 1.165) is 6.33 Å². The Labute approximate surface area is 124 Å². The van der Waals surface area contributed by atoms with E-state index in [4.69, 9.17) is 21.6 Å². The molecule has 7 nitrogen and oxygen atoms in total. The summed E-state index contributed by atoms with van der Waals surface area (Å²) in [6.07, 6.45) is 1.08. The second kappa shape index (κ2) is 5.73. The normalized spacial score (nSPS) is 10.0. The molecule has 1 heterocycles. The van der Waals surface area contributed by atoms with Crippen molar-refractivity contribution in [2.75, 3.05) is 0 Å². The molecule has 106 valence electrons. The van der Waals surface area contributed by atoms with Crippen LogP contribution >= 0.6 is 11.6 Å². The quantitative estimate of drug-likeness (QED) is 0.489. The average molecular weight is 305 g/mol. The molecule has 0 bridgehead atoms. The summed E-state index contributed by atoms with van der Waals surface area (Å²) >= 11 is 5.70. The predicted octanol–water partition coefficient (Wildman–Crippen LogP) is 3.32. The third kappa shape index (κ3) is 2.90. The highest BCUT2D eigenvalue weighted by Gasteiger charge is 2.24. The second-order valence-electron chi connectivity index (χ2n) is 4.23. The van der Waals surface area contributed by atoms with Gasteiger partial charge in [-0.15, -0.1) is 0 Å². The van der Waals surface area contributed by atoms with Gasteiger partial charge in [0.2, 0.25) is 5.15 Å². The van der Waals surface area contributed by atoms with Crippen LogP contribution in [-0.2, 0) is 0 Å². The molecule has 0 atom stereocenters. The maximum atomic E-state index is 11.0. The van der Waals surface area contributed by atoms with Crippen LogP contribution in [0.1, 0.15) is 16.7 Å². The first-order valence-electron chi connectivity index (χ1n) is 5.78. The standard InChI is InChI=1S/C13H9ClN4O3/c1-7-3-9(5-15)4-8(2)11(7)21-13-10(18(19)20)12(14)16-6-17-13/h3-4,6H,1-2H3. The van der Waals surface area contributed by atoms with Crippen LogP contribution in [0.15, 0.2) is 18.5 Å². The summed E-state index contributed by atoms with van der Waals surface area (Å²) in [5, 5.41) is 19.6. The molecule has 2 rings (SSSR count). The SMILES string of the molecule is Cc1cc(C#N)cc(C)c1Oc1ncnc(Cl)c1[N+](=O)[O-]. The molecule has 0 unspecified atom stereocenters. The van der Waals surface area contributed by atoms with Gasteiger partial charge in [-0.25, -0.2) is 4.98 Å².